The topological polar surface area (TPSA) is 34.9 Å². The second-order valence-corrected chi connectivity index (χ2v) is 2.55. The van der Waals surface area contributed by atoms with E-state index in [0.717, 1.165) is 12.1 Å². The van der Waals surface area contributed by atoms with Gasteiger partial charge in [-0.2, -0.15) is 5.10 Å². The number of hydrogen-bond acceptors (Lipinski definition) is 2. The summed E-state index contributed by atoms with van der Waals surface area (Å²) in [5.41, 5.74) is 0.884. The minimum atomic E-state index is 0.0700. The summed E-state index contributed by atoms with van der Waals surface area (Å²) in [5.74, 6) is 0.0700. The van der Waals surface area contributed by atoms with Crippen molar-refractivity contribution in [2.45, 2.75) is 26.7 Å². The zero-order chi connectivity index (χ0) is 8.27. The van der Waals surface area contributed by atoms with Crippen LogP contribution in [-0.4, -0.2) is 15.7 Å². The molecular weight excluding hydrogens is 140 g/mol. The maximum atomic E-state index is 11.2. The monoisotopic (exact) mass is 152 g/mol. The molecule has 0 aliphatic rings. The van der Waals surface area contributed by atoms with E-state index >= 15 is 0 Å². The molecule has 0 fully saturated rings. The van der Waals surface area contributed by atoms with Crippen LogP contribution < -0.4 is 0 Å². The molecule has 0 bridgehead atoms. The Morgan fingerprint density at radius 2 is 2.45 bits per heavy atom. The number of hydrogen-bond donors (Lipinski definition) is 0. The SMILES string of the molecule is CCCC(=O)n1ccc(C)n1. The highest BCUT2D eigenvalue weighted by atomic mass is 16.2. The average molecular weight is 152 g/mol. The Morgan fingerprint density at radius 3 is 2.91 bits per heavy atom. The van der Waals surface area contributed by atoms with Gasteiger partial charge >= 0.3 is 0 Å². The van der Waals surface area contributed by atoms with E-state index in [9.17, 15) is 4.79 Å². The molecule has 1 aromatic rings. The van der Waals surface area contributed by atoms with Crippen LogP contribution in [0.3, 0.4) is 0 Å². The standard InChI is InChI=1S/C8H12N2O/c1-3-4-8(11)10-6-5-7(2)9-10/h5-6H,3-4H2,1-2H3. The van der Waals surface area contributed by atoms with Crippen LogP contribution in [0.4, 0.5) is 0 Å². The highest BCUT2D eigenvalue weighted by molar-refractivity contribution is 5.77. The molecule has 60 valence electrons. The van der Waals surface area contributed by atoms with Gasteiger partial charge in [-0.15, -0.1) is 0 Å². The smallest absolute Gasteiger partial charge is 0.246 e. The molecule has 0 aromatic carbocycles. The normalized spacial score (nSPS) is 10.0. The predicted octanol–water partition coefficient (Wildman–Crippen LogP) is 1.63. The van der Waals surface area contributed by atoms with E-state index in [1.54, 1.807) is 6.20 Å². The largest absolute Gasteiger partial charge is 0.273 e. The molecule has 1 heterocycles. The van der Waals surface area contributed by atoms with Crippen LogP contribution in [-0.2, 0) is 0 Å². The lowest BCUT2D eigenvalue weighted by Gasteiger charge is -1.95. The predicted molar refractivity (Wildman–Crippen MR) is 42.5 cm³/mol. The zero-order valence-corrected chi connectivity index (χ0v) is 6.87. The van der Waals surface area contributed by atoms with E-state index in [1.807, 2.05) is 19.9 Å². The lowest BCUT2D eigenvalue weighted by molar-refractivity contribution is 0.0885. The Balaban J connectivity index is 2.69. The summed E-state index contributed by atoms with van der Waals surface area (Å²) in [4.78, 5) is 11.2. The van der Waals surface area contributed by atoms with E-state index in [0.29, 0.717) is 6.42 Å². The first-order valence-corrected chi connectivity index (χ1v) is 3.79. The molecule has 0 unspecified atom stereocenters. The molecule has 0 radical (unpaired) electrons. The first kappa shape index (κ1) is 7.98. The maximum Gasteiger partial charge on any atom is 0.246 e. The molecule has 3 nitrogen and oxygen atoms in total. The Kier molecular flexibility index (Phi) is 2.41. The maximum absolute atomic E-state index is 11.2. The number of rotatable bonds is 2. The second kappa shape index (κ2) is 3.32. The van der Waals surface area contributed by atoms with Gasteiger partial charge in [-0.1, -0.05) is 6.92 Å². The van der Waals surface area contributed by atoms with Gasteiger partial charge in [-0.25, -0.2) is 4.68 Å². The van der Waals surface area contributed by atoms with Gasteiger partial charge in [0.1, 0.15) is 0 Å². The summed E-state index contributed by atoms with van der Waals surface area (Å²) in [7, 11) is 0. The molecule has 0 spiro atoms. The summed E-state index contributed by atoms with van der Waals surface area (Å²) < 4.78 is 1.40. The summed E-state index contributed by atoms with van der Waals surface area (Å²) in [6, 6.07) is 1.83. The van der Waals surface area contributed by atoms with Gasteiger partial charge < -0.3 is 0 Å². The highest BCUT2D eigenvalue weighted by Crippen LogP contribution is 1.96. The fraction of sp³-hybridized carbons (Fsp3) is 0.500. The molecule has 1 aromatic heterocycles. The number of aromatic nitrogens is 2. The Hall–Kier alpha value is -1.12. The van der Waals surface area contributed by atoms with Crippen LogP contribution in [0.25, 0.3) is 0 Å². The van der Waals surface area contributed by atoms with Crippen LogP contribution in [0.1, 0.15) is 30.3 Å². The van der Waals surface area contributed by atoms with Crippen LogP contribution in [0.5, 0.6) is 0 Å². The average Bonchev–Trinajstić information content (AvgIpc) is 2.36. The molecule has 1 rings (SSSR count). The van der Waals surface area contributed by atoms with Crippen LogP contribution in [0.2, 0.25) is 0 Å². The molecule has 3 heteroatoms. The highest BCUT2D eigenvalue weighted by Gasteiger charge is 2.02. The van der Waals surface area contributed by atoms with E-state index < -0.39 is 0 Å². The molecule has 0 atom stereocenters. The minimum Gasteiger partial charge on any atom is -0.273 e. The van der Waals surface area contributed by atoms with E-state index in [4.69, 9.17) is 0 Å². The Morgan fingerprint density at radius 1 is 1.73 bits per heavy atom. The molecule has 0 aliphatic heterocycles. The van der Waals surface area contributed by atoms with Crippen LogP contribution in [0, 0.1) is 6.92 Å². The van der Waals surface area contributed by atoms with E-state index in [-0.39, 0.29) is 5.91 Å². The van der Waals surface area contributed by atoms with E-state index in [1.165, 1.54) is 4.68 Å². The third-order valence-electron chi connectivity index (χ3n) is 1.44. The lowest BCUT2D eigenvalue weighted by Crippen LogP contribution is -2.10. The van der Waals surface area contributed by atoms with Gasteiger partial charge in [-0.3, -0.25) is 4.79 Å². The fourth-order valence-electron chi connectivity index (χ4n) is 0.882. The van der Waals surface area contributed by atoms with Gasteiger partial charge in [0.2, 0.25) is 5.91 Å². The number of aryl methyl sites for hydroxylation is 1. The molecule has 11 heavy (non-hydrogen) atoms. The molecule has 0 saturated heterocycles. The number of carbonyl (C=O) groups excluding carboxylic acids is 1. The first-order chi connectivity index (χ1) is 5.24. The van der Waals surface area contributed by atoms with Gasteiger partial charge in [-0.05, 0) is 19.4 Å². The van der Waals surface area contributed by atoms with Crippen molar-refractivity contribution in [3.05, 3.63) is 18.0 Å². The Labute approximate surface area is 66.0 Å². The first-order valence-electron chi connectivity index (χ1n) is 3.79. The summed E-state index contributed by atoms with van der Waals surface area (Å²) in [6.07, 6.45) is 3.15. The molecule has 0 N–H and O–H groups in total. The van der Waals surface area contributed by atoms with Crippen molar-refractivity contribution in [2.75, 3.05) is 0 Å². The summed E-state index contributed by atoms with van der Waals surface area (Å²) >= 11 is 0. The number of carbonyl (C=O) groups is 1. The summed E-state index contributed by atoms with van der Waals surface area (Å²) in [6.45, 7) is 3.85. The van der Waals surface area contributed by atoms with Crippen molar-refractivity contribution in [1.29, 1.82) is 0 Å². The fourth-order valence-corrected chi connectivity index (χ4v) is 0.882. The minimum absolute atomic E-state index is 0.0700. The van der Waals surface area contributed by atoms with Gasteiger partial charge in [0.05, 0.1) is 5.69 Å². The van der Waals surface area contributed by atoms with Crippen molar-refractivity contribution < 1.29 is 4.79 Å². The van der Waals surface area contributed by atoms with Gasteiger partial charge in [0.25, 0.3) is 0 Å². The van der Waals surface area contributed by atoms with Crippen LogP contribution in [0.15, 0.2) is 12.3 Å². The quantitative estimate of drug-likeness (QED) is 0.645. The molecule has 0 saturated carbocycles. The molecule has 0 amide bonds. The third kappa shape index (κ3) is 1.90. The molecular formula is C8H12N2O. The van der Waals surface area contributed by atoms with E-state index in [2.05, 4.69) is 5.10 Å². The lowest BCUT2D eigenvalue weighted by atomic mass is 10.3. The van der Waals surface area contributed by atoms with Gasteiger partial charge in [0.15, 0.2) is 0 Å². The summed E-state index contributed by atoms with van der Waals surface area (Å²) in [5, 5.41) is 4.00. The number of nitrogens with zero attached hydrogens (tertiary/aromatic N) is 2. The van der Waals surface area contributed by atoms with Crippen molar-refractivity contribution >= 4 is 5.91 Å². The van der Waals surface area contributed by atoms with Gasteiger partial charge in [0, 0.05) is 12.6 Å². The Bertz CT molecular complexity index is 252. The van der Waals surface area contributed by atoms with Crippen LogP contribution >= 0.6 is 0 Å². The zero-order valence-electron chi connectivity index (χ0n) is 6.87. The van der Waals surface area contributed by atoms with Crippen molar-refractivity contribution in [1.82, 2.24) is 9.78 Å². The third-order valence-corrected chi connectivity index (χ3v) is 1.44. The van der Waals surface area contributed by atoms with Crippen molar-refractivity contribution in [2.24, 2.45) is 0 Å². The van der Waals surface area contributed by atoms with Crippen molar-refractivity contribution in [3.63, 3.8) is 0 Å². The van der Waals surface area contributed by atoms with Crippen molar-refractivity contribution in [3.8, 4) is 0 Å². The molecule has 0 aliphatic carbocycles. The second-order valence-electron chi connectivity index (χ2n) is 2.55.